The number of nitrogens with zero attached hydrogens (tertiary/aromatic N) is 3. The topological polar surface area (TPSA) is 56.7 Å². The van der Waals surface area contributed by atoms with Crippen LogP contribution in [0.4, 0.5) is 5.69 Å². The molecule has 0 unspecified atom stereocenters. The fourth-order valence-electron chi connectivity index (χ4n) is 2.00. The van der Waals surface area contributed by atoms with Crippen LogP contribution in [0.3, 0.4) is 0 Å². The lowest BCUT2D eigenvalue weighted by molar-refractivity contribution is 0.960. The van der Waals surface area contributed by atoms with Gasteiger partial charge in [-0.3, -0.25) is 4.57 Å². The van der Waals surface area contributed by atoms with Crippen LogP contribution in [0.5, 0.6) is 0 Å². The number of benzene rings is 1. The molecule has 4 heteroatoms. The summed E-state index contributed by atoms with van der Waals surface area (Å²) in [4.78, 5) is 8.92. The zero-order chi connectivity index (χ0) is 12.7. The standard InChI is InChI=1S/C14H14N4/c1-9-10(2)18(8-16-9)14-6-3-11-7-12(15)4-5-13(11)17-14/h3-8H,15H2,1-2H3. The molecule has 0 bridgehead atoms. The molecule has 3 aromatic rings. The summed E-state index contributed by atoms with van der Waals surface area (Å²) in [7, 11) is 0. The average Bonchev–Trinajstić information content (AvgIpc) is 2.69. The van der Waals surface area contributed by atoms with Crippen LogP contribution in [0, 0.1) is 13.8 Å². The molecule has 18 heavy (non-hydrogen) atoms. The van der Waals surface area contributed by atoms with E-state index in [9.17, 15) is 0 Å². The molecule has 0 saturated heterocycles. The van der Waals surface area contributed by atoms with Gasteiger partial charge in [0.05, 0.1) is 11.2 Å². The predicted octanol–water partition coefficient (Wildman–Crippen LogP) is 2.62. The second-order valence-electron chi connectivity index (χ2n) is 4.41. The van der Waals surface area contributed by atoms with Crippen LogP contribution in [-0.2, 0) is 0 Å². The smallest absolute Gasteiger partial charge is 0.138 e. The number of nitrogens with two attached hydrogens (primary N) is 1. The number of aryl methyl sites for hydroxylation is 1. The molecule has 0 radical (unpaired) electrons. The second-order valence-corrected chi connectivity index (χ2v) is 4.41. The van der Waals surface area contributed by atoms with E-state index >= 15 is 0 Å². The number of anilines is 1. The van der Waals surface area contributed by atoms with E-state index in [-0.39, 0.29) is 0 Å². The van der Waals surface area contributed by atoms with Gasteiger partial charge in [-0.25, -0.2) is 9.97 Å². The molecule has 1 aromatic carbocycles. The Balaban J connectivity index is 2.19. The number of imidazole rings is 1. The number of aromatic nitrogens is 3. The molecule has 0 aliphatic heterocycles. The van der Waals surface area contributed by atoms with Crippen molar-refractivity contribution in [3.05, 3.63) is 48.0 Å². The Kier molecular flexibility index (Phi) is 2.30. The largest absolute Gasteiger partial charge is 0.399 e. The fraction of sp³-hybridized carbons (Fsp3) is 0.143. The van der Waals surface area contributed by atoms with Crippen LogP contribution >= 0.6 is 0 Å². The Labute approximate surface area is 105 Å². The molecule has 0 spiro atoms. The average molecular weight is 238 g/mol. The van der Waals surface area contributed by atoms with Gasteiger partial charge in [-0.15, -0.1) is 0 Å². The maximum Gasteiger partial charge on any atom is 0.138 e. The molecular formula is C14H14N4. The normalized spacial score (nSPS) is 11.0. The number of fused-ring (bicyclic) bond motifs is 1. The second kappa shape index (κ2) is 3.84. The molecule has 0 aliphatic rings. The first-order valence-electron chi connectivity index (χ1n) is 5.82. The zero-order valence-corrected chi connectivity index (χ0v) is 10.4. The molecule has 2 aromatic heterocycles. The summed E-state index contributed by atoms with van der Waals surface area (Å²) in [6.07, 6.45) is 1.80. The van der Waals surface area contributed by atoms with Gasteiger partial charge in [0.15, 0.2) is 0 Å². The number of hydrogen-bond donors (Lipinski definition) is 1. The predicted molar refractivity (Wildman–Crippen MR) is 72.8 cm³/mol. The van der Waals surface area contributed by atoms with Crippen LogP contribution in [0.25, 0.3) is 16.7 Å². The highest BCUT2D eigenvalue weighted by atomic mass is 15.1. The van der Waals surface area contributed by atoms with Crippen molar-refractivity contribution in [3.8, 4) is 5.82 Å². The van der Waals surface area contributed by atoms with E-state index in [4.69, 9.17) is 5.73 Å². The summed E-state index contributed by atoms with van der Waals surface area (Å²) in [6, 6.07) is 9.75. The Morgan fingerprint density at radius 1 is 1.11 bits per heavy atom. The molecule has 0 fully saturated rings. The third-order valence-corrected chi connectivity index (χ3v) is 3.20. The van der Waals surface area contributed by atoms with E-state index in [0.717, 1.165) is 33.8 Å². The van der Waals surface area contributed by atoms with E-state index < -0.39 is 0 Å². The number of pyridine rings is 1. The minimum atomic E-state index is 0.756. The lowest BCUT2D eigenvalue weighted by atomic mass is 10.2. The van der Waals surface area contributed by atoms with Crippen LogP contribution in [0.15, 0.2) is 36.7 Å². The lowest BCUT2D eigenvalue weighted by Gasteiger charge is -2.06. The molecular weight excluding hydrogens is 224 g/mol. The van der Waals surface area contributed by atoms with Crippen LogP contribution < -0.4 is 5.73 Å². The molecule has 4 nitrogen and oxygen atoms in total. The summed E-state index contributed by atoms with van der Waals surface area (Å²) in [5.74, 6) is 0.880. The van der Waals surface area contributed by atoms with Crippen molar-refractivity contribution in [3.63, 3.8) is 0 Å². The van der Waals surface area contributed by atoms with E-state index in [2.05, 4.69) is 9.97 Å². The minimum absolute atomic E-state index is 0.756. The van der Waals surface area contributed by atoms with Crippen LogP contribution in [0.2, 0.25) is 0 Å². The highest BCUT2D eigenvalue weighted by molar-refractivity contribution is 5.82. The Bertz CT molecular complexity index is 728. The maximum atomic E-state index is 5.76. The fourth-order valence-corrected chi connectivity index (χ4v) is 2.00. The van der Waals surface area contributed by atoms with Crippen molar-refractivity contribution in [1.29, 1.82) is 0 Å². The third-order valence-electron chi connectivity index (χ3n) is 3.20. The summed E-state index contributed by atoms with van der Waals surface area (Å²) >= 11 is 0. The number of hydrogen-bond acceptors (Lipinski definition) is 3. The molecule has 0 atom stereocenters. The summed E-state index contributed by atoms with van der Waals surface area (Å²) in [5, 5.41) is 1.05. The molecule has 2 N–H and O–H groups in total. The first-order valence-corrected chi connectivity index (χ1v) is 5.82. The van der Waals surface area contributed by atoms with Gasteiger partial charge in [0.25, 0.3) is 0 Å². The SMILES string of the molecule is Cc1ncn(-c2ccc3cc(N)ccc3n2)c1C. The highest BCUT2D eigenvalue weighted by Gasteiger charge is 2.06. The first kappa shape index (κ1) is 10.8. The number of nitrogen functional groups attached to an aromatic ring is 1. The van der Waals surface area contributed by atoms with Gasteiger partial charge in [0.1, 0.15) is 12.1 Å². The van der Waals surface area contributed by atoms with Crippen molar-refractivity contribution >= 4 is 16.6 Å². The summed E-state index contributed by atoms with van der Waals surface area (Å²) in [5.41, 5.74) is 9.58. The van der Waals surface area contributed by atoms with Gasteiger partial charge >= 0.3 is 0 Å². The Morgan fingerprint density at radius 2 is 1.94 bits per heavy atom. The van der Waals surface area contributed by atoms with Gasteiger partial charge in [-0.05, 0) is 44.2 Å². The Morgan fingerprint density at radius 3 is 2.67 bits per heavy atom. The third kappa shape index (κ3) is 1.62. The molecule has 0 amide bonds. The van der Waals surface area contributed by atoms with Gasteiger partial charge in [-0.2, -0.15) is 0 Å². The van der Waals surface area contributed by atoms with E-state index in [0.29, 0.717) is 0 Å². The lowest BCUT2D eigenvalue weighted by Crippen LogP contribution is -1.98. The Hall–Kier alpha value is -2.36. The van der Waals surface area contributed by atoms with Crippen molar-refractivity contribution in [2.24, 2.45) is 0 Å². The van der Waals surface area contributed by atoms with Gasteiger partial charge in [0, 0.05) is 16.8 Å². The van der Waals surface area contributed by atoms with Crippen molar-refractivity contribution in [1.82, 2.24) is 14.5 Å². The van der Waals surface area contributed by atoms with Gasteiger partial charge in [0.2, 0.25) is 0 Å². The van der Waals surface area contributed by atoms with Crippen LogP contribution in [0.1, 0.15) is 11.4 Å². The molecule has 3 rings (SSSR count). The number of rotatable bonds is 1. The molecule has 0 saturated carbocycles. The highest BCUT2D eigenvalue weighted by Crippen LogP contribution is 2.19. The van der Waals surface area contributed by atoms with Gasteiger partial charge in [-0.1, -0.05) is 0 Å². The van der Waals surface area contributed by atoms with Gasteiger partial charge < -0.3 is 5.73 Å². The van der Waals surface area contributed by atoms with E-state index in [1.54, 1.807) is 6.33 Å². The molecule has 0 aliphatic carbocycles. The summed E-state index contributed by atoms with van der Waals surface area (Å²) in [6.45, 7) is 4.03. The maximum absolute atomic E-state index is 5.76. The summed E-state index contributed by atoms with van der Waals surface area (Å²) < 4.78 is 1.99. The molecule has 90 valence electrons. The quantitative estimate of drug-likeness (QED) is 0.663. The monoisotopic (exact) mass is 238 g/mol. The van der Waals surface area contributed by atoms with Crippen molar-refractivity contribution in [2.45, 2.75) is 13.8 Å². The molecule has 2 heterocycles. The van der Waals surface area contributed by atoms with Crippen molar-refractivity contribution in [2.75, 3.05) is 5.73 Å². The van der Waals surface area contributed by atoms with Crippen LogP contribution in [-0.4, -0.2) is 14.5 Å². The van der Waals surface area contributed by atoms with Crippen molar-refractivity contribution < 1.29 is 0 Å². The minimum Gasteiger partial charge on any atom is -0.399 e. The van der Waals surface area contributed by atoms with E-state index in [1.165, 1.54) is 0 Å². The zero-order valence-electron chi connectivity index (χ0n) is 10.4. The van der Waals surface area contributed by atoms with E-state index in [1.807, 2.05) is 48.7 Å². The first-order chi connectivity index (χ1) is 8.65.